The van der Waals surface area contributed by atoms with Gasteiger partial charge in [-0.05, 0) is 44.4 Å². The van der Waals surface area contributed by atoms with E-state index in [4.69, 9.17) is 0 Å². The molecule has 2 N–H and O–H groups in total. The minimum Gasteiger partial charge on any atom is -0.503 e. The summed E-state index contributed by atoms with van der Waals surface area (Å²) in [5.41, 5.74) is -3.83. The largest absolute Gasteiger partial charge is 0.503 e. The monoisotopic (exact) mass is 449 g/mol. The minimum atomic E-state index is -1.76. The van der Waals surface area contributed by atoms with Crippen molar-refractivity contribution in [3.8, 4) is 5.75 Å². The summed E-state index contributed by atoms with van der Waals surface area (Å²) in [7, 11) is 0. The lowest BCUT2D eigenvalue weighted by Crippen LogP contribution is -2.48. The maximum atomic E-state index is 15.4. The molecule has 10 heteroatoms. The molecule has 2 bridgehead atoms. The number of pyridine rings is 1. The maximum absolute atomic E-state index is 15.4. The molecule has 2 aliphatic heterocycles. The first-order valence-corrected chi connectivity index (χ1v) is 10.2. The summed E-state index contributed by atoms with van der Waals surface area (Å²) in [4.78, 5) is 39.5. The van der Waals surface area contributed by atoms with Crippen LogP contribution in [-0.4, -0.2) is 45.1 Å². The highest BCUT2D eigenvalue weighted by Crippen LogP contribution is 2.40. The Morgan fingerprint density at radius 3 is 2.59 bits per heavy atom. The number of alkyl halides is 1. The average Bonchev–Trinajstić information content (AvgIpc) is 2.84. The van der Waals surface area contributed by atoms with Gasteiger partial charge in [0.05, 0.1) is 6.04 Å². The molecular formula is C22H22F3N3O4. The van der Waals surface area contributed by atoms with E-state index < -0.39 is 64.0 Å². The lowest BCUT2D eigenvalue weighted by molar-refractivity contribution is 0.0520. The Hall–Kier alpha value is -3.30. The third-order valence-corrected chi connectivity index (χ3v) is 6.17. The molecule has 0 saturated carbocycles. The highest BCUT2D eigenvalue weighted by atomic mass is 19.1. The van der Waals surface area contributed by atoms with Crippen LogP contribution in [0.5, 0.6) is 5.75 Å². The number of benzene rings is 1. The van der Waals surface area contributed by atoms with E-state index in [2.05, 4.69) is 5.32 Å². The number of aromatic nitrogens is 1. The Bertz CT molecular complexity index is 1170. The molecular weight excluding hydrogens is 427 g/mol. The SMILES string of the molecule is Cc1cc(F)c(CNC(=O)c2cn3c(c(O)c2=O)C(=O)N2CCCC(C)(F)C3C2)c(F)c1. The molecule has 2 unspecified atom stereocenters. The first kappa shape index (κ1) is 21.9. The van der Waals surface area contributed by atoms with Gasteiger partial charge in [0.15, 0.2) is 11.4 Å². The number of hydrogen-bond donors (Lipinski definition) is 2. The quantitative estimate of drug-likeness (QED) is 0.754. The van der Waals surface area contributed by atoms with Gasteiger partial charge in [-0.2, -0.15) is 0 Å². The Morgan fingerprint density at radius 1 is 1.28 bits per heavy atom. The van der Waals surface area contributed by atoms with E-state index in [0.717, 1.165) is 22.9 Å². The molecule has 32 heavy (non-hydrogen) atoms. The number of nitrogens with zero attached hydrogens (tertiary/aromatic N) is 2. The van der Waals surface area contributed by atoms with Crippen molar-refractivity contribution < 1.29 is 27.9 Å². The van der Waals surface area contributed by atoms with Gasteiger partial charge in [0.25, 0.3) is 11.8 Å². The first-order valence-electron chi connectivity index (χ1n) is 10.2. The molecule has 2 atom stereocenters. The third-order valence-electron chi connectivity index (χ3n) is 6.17. The summed E-state index contributed by atoms with van der Waals surface area (Å²) >= 11 is 0. The van der Waals surface area contributed by atoms with Gasteiger partial charge < -0.3 is 19.9 Å². The number of hydrogen-bond acceptors (Lipinski definition) is 4. The van der Waals surface area contributed by atoms with Crippen molar-refractivity contribution in [2.75, 3.05) is 13.1 Å². The number of fused-ring (bicyclic) bond motifs is 4. The molecule has 0 spiro atoms. The fraction of sp³-hybridized carbons (Fsp3) is 0.409. The van der Waals surface area contributed by atoms with Crippen molar-refractivity contribution in [2.24, 2.45) is 0 Å². The van der Waals surface area contributed by atoms with Crippen LogP contribution >= 0.6 is 0 Å². The van der Waals surface area contributed by atoms with Gasteiger partial charge in [0, 0.05) is 31.4 Å². The van der Waals surface area contributed by atoms with Gasteiger partial charge in [-0.25, -0.2) is 13.2 Å². The lowest BCUT2D eigenvalue weighted by Gasteiger charge is -2.38. The third kappa shape index (κ3) is 3.53. The topological polar surface area (TPSA) is 91.6 Å². The average molecular weight is 449 g/mol. The first-order chi connectivity index (χ1) is 15.0. The zero-order chi connectivity index (χ0) is 23.4. The van der Waals surface area contributed by atoms with Crippen LogP contribution in [0.2, 0.25) is 0 Å². The highest BCUT2D eigenvalue weighted by molar-refractivity contribution is 5.99. The van der Waals surface area contributed by atoms with E-state index in [1.54, 1.807) is 0 Å². The van der Waals surface area contributed by atoms with E-state index in [-0.39, 0.29) is 18.7 Å². The fourth-order valence-corrected chi connectivity index (χ4v) is 4.39. The number of aryl methyl sites for hydroxylation is 1. The molecule has 0 radical (unpaired) electrons. The second-order valence-electron chi connectivity index (χ2n) is 8.51. The van der Waals surface area contributed by atoms with E-state index in [9.17, 15) is 28.3 Å². The summed E-state index contributed by atoms with van der Waals surface area (Å²) in [6.45, 7) is 2.66. The molecule has 3 heterocycles. The van der Waals surface area contributed by atoms with E-state index in [1.165, 1.54) is 18.7 Å². The van der Waals surface area contributed by atoms with Crippen molar-refractivity contribution in [3.63, 3.8) is 0 Å². The van der Waals surface area contributed by atoms with Crippen LogP contribution in [0, 0.1) is 18.6 Å². The number of carbonyl (C=O) groups is 2. The Morgan fingerprint density at radius 2 is 1.94 bits per heavy atom. The number of amides is 2. The normalized spacial score (nSPS) is 22.3. The van der Waals surface area contributed by atoms with Gasteiger partial charge in [0.2, 0.25) is 5.43 Å². The van der Waals surface area contributed by atoms with E-state index >= 15 is 4.39 Å². The molecule has 1 saturated heterocycles. The van der Waals surface area contributed by atoms with Crippen molar-refractivity contribution >= 4 is 11.8 Å². The number of carbonyl (C=O) groups excluding carboxylic acids is 2. The predicted molar refractivity (Wildman–Crippen MR) is 108 cm³/mol. The van der Waals surface area contributed by atoms with E-state index in [0.29, 0.717) is 18.5 Å². The zero-order valence-corrected chi connectivity index (χ0v) is 17.5. The van der Waals surface area contributed by atoms with Crippen LogP contribution < -0.4 is 10.7 Å². The van der Waals surface area contributed by atoms with Crippen LogP contribution in [0.4, 0.5) is 13.2 Å². The summed E-state index contributed by atoms with van der Waals surface area (Å²) in [5.74, 6) is -4.30. The number of halogens is 3. The van der Waals surface area contributed by atoms with Crippen LogP contribution in [0.3, 0.4) is 0 Å². The molecule has 1 aromatic heterocycles. The van der Waals surface area contributed by atoms with Crippen molar-refractivity contribution in [3.05, 3.63) is 62.6 Å². The second-order valence-corrected chi connectivity index (χ2v) is 8.51. The number of nitrogens with one attached hydrogen (secondary N) is 1. The minimum absolute atomic E-state index is 0.0298. The van der Waals surface area contributed by atoms with Crippen LogP contribution in [0.25, 0.3) is 0 Å². The van der Waals surface area contributed by atoms with Crippen molar-refractivity contribution in [1.29, 1.82) is 0 Å². The highest BCUT2D eigenvalue weighted by Gasteiger charge is 2.46. The number of rotatable bonds is 3. The van der Waals surface area contributed by atoms with E-state index in [1.807, 2.05) is 0 Å². The smallest absolute Gasteiger partial charge is 0.274 e. The molecule has 2 aromatic rings. The molecule has 170 valence electrons. The fourth-order valence-electron chi connectivity index (χ4n) is 4.39. The molecule has 7 nitrogen and oxygen atoms in total. The predicted octanol–water partition coefficient (Wildman–Crippen LogP) is 2.59. The Labute approximate surface area is 181 Å². The molecule has 2 amide bonds. The standard InChI is InChI=1S/C22H22F3N3O4/c1-11-6-14(23)12(15(24)7-11)8-26-20(31)13-9-28-16-10-27(5-3-4-22(16,2)25)21(32)17(28)19(30)18(13)29/h6-7,9,16,30H,3-5,8,10H2,1-2H3,(H,26,31). The van der Waals surface area contributed by atoms with Gasteiger partial charge in [-0.15, -0.1) is 0 Å². The molecule has 4 rings (SSSR count). The van der Waals surface area contributed by atoms with Gasteiger partial charge >= 0.3 is 0 Å². The number of aromatic hydroxyl groups is 1. The summed E-state index contributed by atoms with van der Waals surface area (Å²) < 4.78 is 44.6. The van der Waals surface area contributed by atoms with Crippen LogP contribution in [-0.2, 0) is 6.54 Å². The summed E-state index contributed by atoms with van der Waals surface area (Å²) in [5, 5.41) is 12.7. The Kier molecular flexibility index (Phi) is 5.26. The molecule has 1 fully saturated rings. The lowest BCUT2D eigenvalue weighted by atomic mass is 9.92. The van der Waals surface area contributed by atoms with Gasteiger partial charge in [-0.1, -0.05) is 0 Å². The summed E-state index contributed by atoms with van der Waals surface area (Å²) in [6, 6.07) is 1.30. The van der Waals surface area contributed by atoms with Gasteiger partial charge in [0.1, 0.15) is 22.9 Å². The van der Waals surface area contributed by atoms with Crippen LogP contribution in [0.15, 0.2) is 23.1 Å². The molecule has 0 aliphatic carbocycles. The van der Waals surface area contributed by atoms with Crippen molar-refractivity contribution in [2.45, 2.75) is 44.9 Å². The van der Waals surface area contributed by atoms with Gasteiger partial charge in [-0.3, -0.25) is 14.4 Å². The zero-order valence-electron chi connectivity index (χ0n) is 17.5. The maximum Gasteiger partial charge on any atom is 0.274 e. The summed E-state index contributed by atoms with van der Waals surface area (Å²) in [6.07, 6.45) is 1.61. The second kappa shape index (κ2) is 7.68. The molecule has 1 aromatic carbocycles. The Balaban J connectivity index is 1.72. The molecule has 2 aliphatic rings. The van der Waals surface area contributed by atoms with Crippen molar-refractivity contribution in [1.82, 2.24) is 14.8 Å². The van der Waals surface area contributed by atoms with Crippen LogP contribution in [0.1, 0.15) is 57.8 Å².